The highest BCUT2D eigenvalue weighted by Gasteiger charge is 2.14. The van der Waals surface area contributed by atoms with E-state index >= 15 is 0 Å². The Morgan fingerprint density at radius 2 is 1.88 bits per heavy atom. The van der Waals surface area contributed by atoms with Crippen molar-refractivity contribution in [3.63, 3.8) is 0 Å². The molecule has 0 heterocycles. The van der Waals surface area contributed by atoms with Gasteiger partial charge in [0.15, 0.2) is 0 Å². The predicted molar refractivity (Wildman–Crippen MR) is 74.6 cm³/mol. The van der Waals surface area contributed by atoms with Crippen molar-refractivity contribution in [2.75, 3.05) is 0 Å². The largest absolute Gasteiger partial charge is 0.271 e. The second-order valence-electron chi connectivity index (χ2n) is 4.92. The number of hydrogen-bond donors (Lipinski definition) is 2. The monoisotopic (exact) mass is 234 g/mol. The van der Waals surface area contributed by atoms with Gasteiger partial charge in [0, 0.05) is 6.04 Å². The molecule has 2 atom stereocenters. The van der Waals surface area contributed by atoms with Crippen LogP contribution in [0.1, 0.15) is 45.1 Å². The van der Waals surface area contributed by atoms with Crippen molar-refractivity contribution in [2.24, 2.45) is 11.8 Å². The smallest absolute Gasteiger partial charge is 0.0236 e. The third kappa shape index (κ3) is 5.33. The van der Waals surface area contributed by atoms with E-state index in [1.165, 1.54) is 24.8 Å². The molecule has 3 N–H and O–H groups in total. The Morgan fingerprint density at radius 3 is 2.47 bits per heavy atom. The van der Waals surface area contributed by atoms with Crippen molar-refractivity contribution >= 4 is 0 Å². The van der Waals surface area contributed by atoms with Crippen LogP contribution in [-0.2, 0) is 6.42 Å². The molecule has 0 aliphatic carbocycles. The molecule has 0 saturated heterocycles. The van der Waals surface area contributed by atoms with Gasteiger partial charge in [-0.2, -0.15) is 0 Å². The Morgan fingerprint density at radius 1 is 1.18 bits per heavy atom. The van der Waals surface area contributed by atoms with Crippen molar-refractivity contribution in [3.05, 3.63) is 35.9 Å². The molecule has 2 heteroatoms. The van der Waals surface area contributed by atoms with Gasteiger partial charge in [0.25, 0.3) is 0 Å². The van der Waals surface area contributed by atoms with E-state index in [4.69, 9.17) is 5.84 Å². The highest BCUT2D eigenvalue weighted by molar-refractivity contribution is 5.14. The molecule has 0 saturated carbocycles. The summed E-state index contributed by atoms with van der Waals surface area (Å²) >= 11 is 0. The number of nitrogens with one attached hydrogen (secondary N) is 1. The zero-order valence-electron chi connectivity index (χ0n) is 11.2. The first-order valence-corrected chi connectivity index (χ1v) is 6.78. The molecule has 0 aliphatic rings. The highest BCUT2D eigenvalue weighted by Crippen LogP contribution is 2.15. The standard InChI is InChI=1S/C15H26N2/c1-3-8-13(2)15(17-16)12-7-11-14-9-5-4-6-10-14/h4-6,9-10,13,15,17H,3,7-8,11-12,16H2,1-2H3. The van der Waals surface area contributed by atoms with Crippen LogP contribution in [-0.4, -0.2) is 6.04 Å². The zero-order valence-corrected chi connectivity index (χ0v) is 11.2. The maximum Gasteiger partial charge on any atom is 0.0236 e. The third-order valence-electron chi connectivity index (χ3n) is 3.47. The lowest BCUT2D eigenvalue weighted by Gasteiger charge is -2.22. The highest BCUT2D eigenvalue weighted by atomic mass is 15.2. The molecular formula is C15H26N2. The summed E-state index contributed by atoms with van der Waals surface area (Å²) in [6.07, 6.45) is 6.00. The Bertz CT molecular complexity index is 284. The molecule has 0 bridgehead atoms. The quantitative estimate of drug-likeness (QED) is 0.535. The number of hydrazine groups is 1. The Hall–Kier alpha value is -0.860. The minimum absolute atomic E-state index is 0.457. The van der Waals surface area contributed by atoms with Gasteiger partial charge in [0.2, 0.25) is 0 Å². The van der Waals surface area contributed by atoms with E-state index in [9.17, 15) is 0 Å². The molecule has 2 nitrogen and oxygen atoms in total. The van der Waals surface area contributed by atoms with Crippen LogP contribution in [0.15, 0.2) is 30.3 Å². The van der Waals surface area contributed by atoms with E-state index in [0.29, 0.717) is 12.0 Å². The van der Waals surface area contributed by atoms with Crippen LogP contribution < -0.4 is 11.3 Å². The molecule has 0 spiro atoms. The Labute approximate surface area is 106 Å². The summed E-state index contributed by atoms with van der Waals surface area (Å²) in [5.74, 6) is 6.30. The molecule has 2 unspecified atom stereocenters. The predicted octanol–water partition coefficient (Wildman–Crippen LogP) is 3.28. The van der Waals surface area contributed by atoms with E-state index in [1.54, 1.807) is 0 Å². The van der Waals surface area contributed by atoms with Gasteiger partial charge < -0.3 is 0 Å². The summed E-state index contributed by atoms with van der Waals surface area (Å²) in [4.78, 5) is 0. The van der Waals surface area contributed by atoms with Crippen LogP contribution in [0.5, 0.6) is 0 Å². The molecule has 96 valence electrons. The van der Waals surface area contributed by atoms with Crippen LogP contribution >= 0.6 is 0 Å². The molecular weight excluding hydrogens is 208 g/mol. The van der Waals surface area contributed by atoms with Gasteiger partial charge in [0.1, 0.15) is 0 Å². The summed E-state index contributed by atoms with van der Waals surface area (Å²) in [5, 5.41) is 0. The van der Waals surface area contributed by atoms with Crippen LogP contribution in [0.25, 0.3) is 0 Å². The summed E-state index contributed by atoms with van der Waals surface area (Å²) in [7, 11) is 0. The van der Waals surface area contributed by atoms with E-state index < -0.39 is 0 Å². The fraction of sp³-hybridized carbons (Fsp3) is 0.600. The lowest BCUT2D eigenvalue weighted by Crippen LogP contribution is -2.39. The Kier molecular flexibility index (Phi) is 6.90. The molecule has 0 fully saturated rings. The molecule has 0 aliphatic heterocycles. The van der Waals surface area contributed by atoms with Crippen molar-refractivity contribution in [1.82, 2.24) is 5.43 Å². The fourth-order valence-corrected chi connectivity index (χ4v) is 2.36. The van der Waals surface area contributed by atoms with Gasteiger partial charge in [-0.3, -0.25) is 11.3 Å². The van der Waals surface area contributed by atoms with Gasteiger partial charge >= 0.3 is 0 Å². The first-order chi connectivity index (χ1) is 8.27. The van der Waals surface area contributed by atoms with Crippen LogP contribution in [0, 0.1) is 5.92 Å². The van der Waals surface area contributed by atoms with Gasteiger partial charge in [-0.15, -0.1) is 0 Å². The number of rotatable bonds is 8. The minimum Gasteiger partial charge on any atom is -0.271 e. The summed E-state index contributed by atoms with van der Waals surface area (Å²) in [6.45, 7) is 4.52. The Balaban J connectivity index is 2.28. The second-order valence-corrected chi connectivity index (χ2v) is 4.92. The average Bonchev–Trinajstić information content (AvgIpc) is 2.36. The molecule has 0 aromatic heterocycles. The van der Waals surface area contributed by atoms with Gasteiger partial charge in [-0.25, -0.2) is 0 Å². The van der Waals surface area contributed by atoms with Crippen molar-refractivity contribution in [3.8, 4) is 0 Å². The zero-order chi connectivity index (χ0) is 12.5. The SMILES string of the molecule is CCCC(C)C(CCCc1ccccc1)NN. The molecule has 1 aromatic carbocycles. The first-order valence-electron chi connectivity index (χ1n) is 6.78. The lowest BCUT2D eigenvalue weighted by atomic mass is 9.92. The summed E-state index contributed by atoms with van der Waals surface area (Å²) < 4.78 is 0. The van der Waals surface area contributed by atoms with Gasteiger partial charge in [0.05, 0.1) is 0 Å². The maximum atomic E-state index is 5.63. The number of hydrogen-bond acceptors (Lipinski definition) is 2. The minimum atomic E-state index is 0.457. The number of nitrogens with two attached hydrogens (primary N) is 1. The normalized spacial score (nSPS) is 14.5. The summed E-state index contributed by atoms with van der Waals surface area (Å²) in [6, 6.07) is 11.1. The maximum absolute atomic E-state index is 5.63. The molecule has 1 rings (SSSR count). The summed E-state index contributed by atoms with van der Waals surface area (Å²) in [5.41, 5.74) is 4.40. The fourth-order valence-electron chi connectivity index (χ4n) is 2.36. The van der Waals surface area contributed by atoms with Crippen molar-refractivity contribution < 1.29 is 0 Å². The van der Waals surface area contributed by atoms with Gasteiger partial charge in [-0.1, -0.05) is 50.6 Å². The van der Waals surface area contributed by atoms with Crippen LogP contribution in [0.2, 0.25) is 0 Å². The van der Waals surface area contributed by atoms with E-state index in [2.05, 4.69) is 49.6 Å². The number of benzene rings is 1. The van der Waals surface area contributed by atoms with Gasteiger partial charge in [-0.05, 0) is 37.2 Å². The molecule has 17 heavy (non-hydrogen) atoms. The average molecular weight is 234 g/mol. The topological polar surface area (TPSA) is 38.0 Å². The van der Waals surface area contributed by atoms with E-state index in [0.717, 1.165) is 12.8 Å². The molecule has 0 amide bonds. The van der Waals surface area contributed by atoms with Crippen LogP contribution in [0.3, 0.4) is 0 Å². The van der Waals surface area contributed by atoms with E-state index in [-0.39, 0.29) is 0 Å². The number of aryl methyl sites for hydroxylation is 1. The third-order valence-corrected chi connectivity index (χ3v) is 3.47. The second kappa shape index (κ2) is 8.26. The molecule has 0 radical (unpaired) electrons. The van der Waals surface area contributed by atoms with Crippen molar-refractivity contribution in [2.45, 2.75) is 52.0 Å². The lowest BCUT2D eigenvalue weighted by molar-refractivity contribution is 0.335. The van der Waals surface area contributed by atoms with Crippen molar-refractivity contribution in [1.29, 1.82) is 0 Å². The molecule has 1 aromatic rings. The first kappa shape index (κ1) is 14.2. The van der Waals surface area contributed by atoms with E-state index in [1.807, 2.05) is 0 Å². The van der Waals surface area contributed by atoms with Crippen LogP contribution in [0.4, 0.5) is 0 Å².